The normalized spacial score (nSPS) is 15.3. The number of guanidine groups is 1. The molecule has 0 aliphatic heterocycles. The third kappa shape index (κ3) is 5.70. The van der Waals surface area contributed by atoms with Crippen molar-refractivity contribution in [3.05, 3.63) is 52.3 Å². The van der Waals surface area contributed by atoms with Crippen molar-refractivity contribution in [2.24, 2.45) is 4.99 Å². The fourth-order valence-corrected chi connectivity index (χ4v) is 3.45. The van der Waals surface area contributed by atoms with E-state index < -0.39 is 0 Å². The van der Waals surface area contributed by atoms with Crippen LogP contribution >= 0.6 is 39.9 Å². The molecule has 1 aliphatic rings. The molecule has 0 spiro atoms. The second-order valence-electron chi connectivity index (χ2n) is 6.78. The van der Waals surface area contributed by atoms with Crippen LogP contribution in [0.4, 0.5) is 0 Å². The molecule has 0 bridgehead atoms. The lowest BCUT2D eigenvalue weighted by Crippen LogP contribution is -2.41. The highest BCUT2D eigenvalue weighted by molar-refractivity contribution is 14.0. The van der Waals surface area contributed by atoms with Crippen molar-refractivity contribution in [1.82, 2.24) is 20.4 Å². The van der Waals surface area contributed by atoms with Gasteiger partial charge in [0.25, 0.3) is 0 Å². The molecule has 1 aromatic heterocycles. The largest absolute Gasteiger partial charge is 0.356 e. The number of nitrogens with one attached hydrogen (secondary N) is 2. The maximum atomic E-state index is 4.34. The van der Waals surface area contributed by atoms with Gasteiger partial charge in [-0.15, -0.1) is 24.0 Å². The van der Waals surface area contributed by atoms with E-state index in [1.807, 2.05) is 17.9 Å². The average Bonchev–Trinajstić information content (AvgIpc) is 3.29. The fraction of sp³-hybridized carbons (Fsp3) is 0.474. The summed E-state index contributed by atoms with van der Waals surface area (Å²) in [6.45, 7) is 4.77. The molecule has 0 radical (unpaired) electrons. The second-order valence-corrected chi connectivity index (χ2v) is 7.69. The molecule has 1 heterocycles. The van der Waals surface area contributed by atoms with Gasteiger partial charge in [0, 0.05) is 42.8 Å². The number of nitrogens with zero attached hydrogens (tertiary/aromatic N) is 3. The first-order valence-corrected chi connectivity index (χ1v) is 9.60. The molecule has 0 saturated heterocycles. The molecule has 3 rings (SSSR count). The smallest absolute Gasteiger partial charge is 0.191 e. The molecule has 5 nitrogen and oxygen atoms in total. The van der Waals surface area contributed by atoms with Crippen molar-refractivity contribution >= 4 is 45.9 Å². The summed E-state index contributed by atoms with van der Waals surface area (Å²) in [5.74, 6) is 0.873. The van der Waals surface area contributed by atoms with Crippen LogP contribution in [0.1, 0.15) is 30.4 Å². The Kier molecular flexibility index (Phi) is 7.94. The molecule has 2 N–H and O–H groups in total. The monoisotopic (exact) mass is 531 g/mol. The molecule has 1 fully saturated rings. The predicted molar refractivity (Wildman–Crippen MR) is 121 cm³/mol. The minimum atomic E-state index is 0. The molecule has 142 valence electrons. The molecule has 7 heteroatoms. The Labute approximate surface area is 181 Å². The lowest BCUT2D eigenvalue weighted by molar-refractivity contribution is 0.567. The van der Waals surface area contributed by atoms with Gasteiger partial charge < -0.3 is 10.6 Å². The number of halogens is 2. The van der Waals surface area contributed by atoms with E-state index >= 15 is 0 Å². The standard InChI is InChI=1S/C19H26BrN5.HI/c1-15-12-24-25(13-15)10-4-9-22-18(21-2)23-14-19(7-8-19)16-5-3-6-17(20)11-16;/h3,5-6,11-13H,4,7-10,14H2,1-2H3,(H2,21,22,23);1H. The maximum absolute atomic E-state index is 4.34. The van der Waals surface area contributed by atoms with Gasteiger partial charge in [0.2, 0.25) is 0 Å². The molecule has 0 unspecified atom stereocenters. The van der Waals surface area contributed by atoms with Crippen LogP contribution in [-0.2, 0) is 12.0 Å². The Morgan fingerprint density at radius 1 is 1.35 bits per heavy atom. The van der Waals surface area contributed by atoms with Crippen LogP contribution in [0.2, 0.25) is 0 Å². The number of hydrogen-bond acceptors (Lipinski definition) is 2. The zero-order valence-electron chi connectivity index (χ0n) is 15.3. The van der Waals surface area contributed by atoms with Crippen LogP contribution in [0.3, 0.4) is 0 Å². The van der Waals surface area contributed by atoms with E-state index in [9.17, 15) is 0 Å². The van der Waals surface area contributed by atoms with Crippen LogP contribution < -0.4 is 10.6 Å². The number of aryl methyl sites for hydroxylation is 2. The molecule has 0 atom stereocenters. The van der Waals surface area contributed by atoms with Gasteiger partial charge in [0.15, 0.2) is 5.96 Å². The van der Waals surface area contributed by atoms with Crippen LogP contribution in [0, 0.1) is 6.92 Å². The van der Waals surface area contributed by atoms with Crippen LogP contribution in [0.5, 0.6) is 0 Å². The molecule has 1 saturated carbocycles. The van der Waals surface area contributed by atoms with Gasteiger partial charge in [-0.2, -0.15) is 5.10 Å². The molecular weight excluding hydrogens is 505 g/mol. The highest BCUT2D eigenvalue weighted by atomic mass is 127. The SMILES string of the molecule is CN=C(NCCCn1cc(C)cn1)NCC1(c2cccc(Br)c2)CC1.I. The van der Waals surface area contributed by atoms with Gasteiger partial charge >= 0.3 is 0 Å². The first kappa shape index (κ1) is 21.2. The van der Waals surface area contributed by atoms with Gasteiger partial charge in [0.1, 0.15) is 0 Å². The lowest BCUT2D eigenvalue weighted by Gasteiger charge is -2.19. The summed E-state index contributed by atoms with van der Waals surface area (Å²) >= 11 is 3.58. The number of aromatic nitrogens is 2. The molecule has 2 aromatic rings. The van der Waals surface area contributed by atoms with Gasteiger partial charge in [-0.25, -0.2) is 0 Å². The maximum Gasteiger partial charge on any atom is 0.191 e. The third-order valence-corrected chi connectivity index (χ3v) is 5.22. The van der Waals surface area contributed by atoms with E-state index in [1.54, 1.807) is 0 Å². The van der Waals surface area contributed by atoms with Crippen molar-refractivity contribution in [3.63, 3.8) is 0 Å². The first-order valence-electron chi connectivity index (χ1n) is 8.81. The van der Waals surface area contributed by atoms with Gasteiger partial charge in [-0.1, -0.05) is 28.1 Å². The van der Waals surface area contributed by atoms with E-state index in [1.165, 1.54) is 24.0 Å². The van der Waals surface area contributed by atoms with Crippen LogP contribution in [-0.4, -0.2) is 35.9 Å². The Bertz CT molecular complexity index is 739. The summed E-state index contributed by atoms with van der Waals surface area (Å²) in [6, 6.07) is 8.65. The summed E-state index contributed by atoms with van der Waals surface area (Å²) in [5.41, 5.74) is 2.86. The first-order chi connectivity index (χ1) is 12.1. The van der Waals surface area contributed by atoms with E-state index in [2.05, 4.69) is 74.0 Å². The van der Waals surface area contributed by atoms with Gasteiger partial charge in [-0.3, -0.25) is 9.67 Å². The topological polar surface area (TPSA) is 54.2 Å². The number of hydrogen-bond donors (Lipinski definition) is 2. The number of benzene rings is 1. The van der Waals surface area contributed by atoms with Crippen molar-refractivity contribution < 1.29 is 0 Å². The number of rotatable bonds is 7. The Morgan fingerprint density at radius 2 is 2.15 bits per heavy atom. The fourth-order valence-electron chi connectivity index (χ4n) is 3.05. The molecule has 0 amide bonds. The second kappa shape index (κ2) is 9.73. The van der Waals surface area contributed by atoms with Crippen molar-refractivity contribution in [3.8, 4) is 0 Å². The minimum Gasteiger partial charge on any atom is -0.356 e. The molecule has 1 aromatic carbocycles. The Morgan fingerprint density at radius 3 is 2.77 bits per heavy atom. The van der Waals surface area contributed by atoms with Gasteiger partial charge in [0.05, 0.1) is 6.20 Å². The summed E-state index contributed by atoms with van der Waals surface area (Å²) in [4.78, 5) is 4.34. The summed E-state index contributed by atoms with van der Waals surface area (Å²) in [5, 5.41) is 11.2. The summed E-state index contributed by atoms with van der Waals surface area (Å²) in [7, 11) is 1.82. The summed E-state index contributed by atoms with van der Waals surface area (Å²) in [6.07, 6.45) is 7.43. The van der Waals surface area contributed by atoms with E-state index in [0.29, 0.717) is 0 Å². The third-order valence-electron chi connectivity index (χ3n) is 4.73. The predicted octanol–water partition coefficient (Wildman–Crippen LogP) is 3.86. The van der Waals surface area contributed by atoms with Crippen molar-refractivity contribution in [2.45, 2.75) is 38.1 Å². The van der Waals surface area contributed by atoms with E-state index in [0.717, 1.165) is 36.5 Å². The van der Waals surface area contributed by atoms with E-state index in [-0.39, 0.29) is 29.4 Å². The Balaban J connectivity index is 0.00000243. The molecular formula is C19H27BrIN5. The van der Waals surface area contributed by atoms with Crippen molar-refractivity contribution in [1.29, 1.82) is 0 Å². The highest BCUT2D eigenvalue weighted by Crippen LogP contribution is 2.48. The molecule has 1 aliphatic carbocycles. The van der Waals surface area contributed by atoms with Crippen molar-refractivity contribution in [2.75, 3.05) is 20.1 Å². The van der Waals surface area contributed by atoms with E-state index in [4.69, 9.17) is 0 Å². The zero-order chi connectivity index (χ0) is 17.7. The highest BCUT2D eigenvalue weighted by Gasteiger charge is 2.44. The quantitative estimate of drug-likeness (QED) is 0.247. The zero-order valence-corrected chi connectivity index (χ0v) is 19.3. The minimum absolute atomic E-state index is 0. The molecule has 26 heavy (non-hydrogen) atoms. The lowest BCUT2D eigenvalue weighted by atomic mass is 9.96. The van der Waals surface area contributed by atoms with Crippen LogP contribution in [0.15, 0.2) is 46.1 Å². The van der Waals surface area contributed by atoms with Crippen LogP contribution in [0.25, 0.3) is 0 Å². The van der Waals surface area contributed by atoms with Gasteiger partial charge in [-0.05, 0) is 49.4 Å². The number of aliphatic imine (C=N–C) groups is 1. The average molecular weight is 532 g/mol. The Hall–Kier alpha value is -1.09. The summed E-state index contributed by atoms with van der Waals surface area (Å²) < 4.78 is 3.13.